The number of halogens is 1. The van der Waals surface area contributed by atoms with Crippen molar-refractivity contribution in [2.45, 2.75) is 26.4 Å². The van der Waals surface area contributed by atoms with E-state index < -0.39 is 6.10 Å². The molecule has 0 amide bonds. The van der Waals surface area contributed by atoms with Crippen molar-refractivity contribution in [2.24, 2.45) is 10.9 Å². The van der Waals surface area contributed by atoms with Gasteiger partial charge < -0.3 is 20.5 Å². The second-order valence-electron chi connectivity index (χ2n) is 6.28. The van der Waals surface area contributed by atoms with Crippen LogP contribution in [-0.4, -0.2) is 37.8 Å². The smallest absolute Gasteiger partial charge is 0.191 e. The van der Waals surface area contributed by atoms with Crippen LogP contribution in [0.25, 0.3) is 0 Å². The third kappa shape index (κ3) is 8.49. The Morgan fingerprint density at radius 2 is 1.96 bits per heavy atom. The van der Waals surface area contributed by atoms with Gasteiger partial charge in [-0.2, -0.15) is 0 Å². The molecule has 3 N–H and O–H groups in total. The maximum absolute atomic E-state index is 10.4. The summed E-state index contributed by atoms with van der Waals surface area (Å²) < 4.78 is 5.15. The second kappa shape index (κ2) is 13.0. The molecule has 0 aliphatic carbocycles. The van der Waals surface area contributed by atoms with Crippen molar-refractivity contribution in [3.63, 3.8) is 0 Å². The van der Waals surface area contributed by atoms with E-state index in [0.29, 0.717) is 12.5 Å². The van der Waals surface area contributed by atoms with Crippen LogP contribution in [0.15, 0.2) is 46.8 Å². The fraction of sp³-hybridized carbons (Fsp3) is 0.450. The SMILES string of the molecule is CCNC(=NCC(C)Cc1cccs1)NCC(O)c1ccc(OC)cc1.I. The van der Waals surface area contributed by atoms with Gasteiger partial charge in [-0.3, -0.25) is 4.99 Å². The molecule has 0 fully saturated rings. The summed E-state index contributed by atoms with van der Waals surface area (Å²) in [5.41, 5.74) is 0.847. The van der Waals surface area contributed by atoms with Gasteiger partial charge >= 0.3 is 0 Å². The Bertz CT molecular complexity index is 662. The van der Waals surface area contributed by atoms with Crippen molar-refractivity contribution in [1.29, 1.82) is 0 Å². The molecule has 150 valence electrons. The first-order chi connectivity index (χ1) is 12.6. The molecule has 1 heterocycles. The summed E-state index contributed by atoms with van der Waals surface area (Å²) in [7, 11) is 1.63. The Morgan fingerprint density at radius 3 is 2.56 bits per heavy atom. The van der Waals surface area contributed by atoms with E-state index in [4.69, 9.17) is 4.74 Å². The van der Waals surface area contributed by atoms with E-state index in [1.165, 1.54) is 4.88 Å². The second-order valence-corrected chi connectivity index (χ2v) is 7.31. The van der Waals surface area contributed by atoms with Crippen LogP contribution in [0.1, 0.15) is 30.4 Å². The number of aliphatic hydroxyl groups excluding tert-OH is 1. The van der Waals surface area contributed by atoms with E-state index in [1.54, 1.807) is 18.4 Å². The van der Waals surface area contributed by atoms with Gasteiger partial charge in [-0.1, -0.05) is 25.1 Å². The summed E-state index contributed by atoms with van der Waals surface area (Å²) in [6.45, 7) is 6.16. The minimum Gasteiger partial charge on any atom is -0.497 e. The predicted molar refractivity (Wildman–Crippen MR) is 125 cm³/mol. The Hall–Kier alpha value is -1.32. The summed E-state index contributed by atoms with van der Waals surface area (Å²) in [5.74, 6) is 1.98. The predicted octanol–water partition coefficient (Wildman–Crippen LogP) is 3.84. The summed E-state index contributed by atoms with van der Waals surface area (Å²) in [5, 5.41) is 18.9. The molecule has 7 heteroatoms. The lowest BCUT2D eigenvalue weighted by Gasteiger charge is -2.16. The molecule has 2 aromatic rings. The normalized spacial score (nSPS) is 13.4. The molecule has 0 radical (unpaired) electrons. The minimum atomic E-state index is -0.603. The van der Waals surface area contributed by atoms with E-state index in [1.807, 2.05) is 31.2 Å². The third-order valence-electron chi connectivity index (χ3n) is 4.00. The van der Waals surface area contributed by atoms with Crippen LogP contribution in [0, 0.1) is 5.92 Å². The number of benzene rings is 1. The van der Waals surface area contributed by atoms with Gasteiger partial charge in [0.05, 0.1) is 13.2 Å². The fourth-order valence-electron chi connectivity index (χ4n) is 2.56. The molecule has 0 saturated heterocycles. The average molecular weight is 503 g/mol. The molecule has 0 bridgehead atoms. The third-order valence-corrected chi connectivity index (χ3v) is 4.90. The summed E-state index contributed by atoms with van der Waals surface area (Å²) in [6.07, 6.45) is 0.433. The topological polar surface area (TPSA) is 65.9 Å². The lowest BCUT2D eigenvalue weighted by atomic mass is 10.1. The first kappa shape index (κ1) is 23.7. The molecule has 2 unspecified atom stereocenters. The van der Waals surface area contributed by atoms with Crippen LogP contribution in [0.5, 0.6) is 5.75 Å². The van der Waals surface area contributed by atoms with Crippen LogP contribution < -0.4 is 15.4 Å². The van der Waals surface area contributed by atoms with E-state index >= 15 is 0 Å². The van der Waals surface area contributed by atoms with Gasteiger partial charge in [0.2, 0.25) is 0 Å². The molecule has 0 spiro atoms. The number of aliphatic imine (C=N–C) groups is 1. The average Bonchev–Trinajstić information content (AvgIpc) is 3.16. The van der Waals surface area contributed by atoms with E-state index in [2.05, 4.69) is 40.1 Å². The van der Waals surface area contributed by atoms with Crippen molar-refractivity contribution < 1.29 is 9.84 Å². The molecule has 0 aliphatic heterocycles. The van der Waals surface area contributed by atoms with Gasteiger partial charge in [0.15, 0.2) is 5.96 Å². The minimum absolute atomic E-state index is 0. The van der Waals surface area contributed by atoms with Gasteiger partial charge in [0.25, 0.3) is 0 Å². The Balaban J connectivity index is 0.00000364. The maximum Gasteiger partial charge on any atom is 0.191 e. The van der Waals surface area contributed by atoms with Crippen LogP contribution in [0.2, 0.25) is 0 Å². The number of nitrogens with zero attached hydrogens (tertiary/aromatic N) is 1. The van der Waals surface area contributed by atoms with E-state index in [0.717, 1.165) is 36.8 Å². The summed E-state index contributed by atoms with van der Waals surface area (Å²) in [4.78, 5) is 6.04. The zero-order chi connectivity index (χ0) is 18.8. The van der Waals surface area contributed by atoms with Gasteiger partial charge in [-0.25, -0.2) is 0 Å². The number of aliphatic hydroxyl groups is 1. The lowest BCUT2D eigenvalue weighted by molar-refractivity contribution is 0.180. The highest BCUT2D eigenvalue weighted by Gasteiger charge is 2.09. The van der Waals surface area contributed by atoms with Gasteiger partial charge in [-0.05, 0) is 48.4 Å². The maximum atomic E-state index is 10.4. The Morgan fingerprint density at radius 1 is 1.22 bits per heavy atom. The molecular formula is C20H30IN3O2S. The van der Waals surface area contributed by atoms with Crippen LogP contribution in [0.3, 0.4) is 0 Å². The highest BCUT2D eigenvalue weighted by atomic mass is 127. The van der Waals surface area contributed by atoms with Crippen LogP contribution in [-0.2, 0) is 6.42 Å². The largest absolute Gasteiger partial charge is 0.497 e. The van der Waals surface area contributed by atoms with Crippen LogP contribution >= 0.6 is 35.3 Å². The molecule has 27 heavy (non-hydrogen) atoms. The molecule has 2 rings (SSSR count). The Labute approximate surface area is 183 Å². The van der Waals surface area contributed by atoms with Crippen molar-refractivity contribution in [2.75, 3.05) is 26.7 Å². The molecule has 5 nitrogen and oxygen atoms in total. The fourth-order valence-corrected chi connectivity index (χ4v) is 3.43. The van der Waals surface area contributed by atoms with Crippen molar-refractivity contribution in [1.82, 2.24) is 10.6 Å². The number of guanidine groups is 1. The number of hydrogen-bond donors (Lipinski definition) is 3. The molecule has 1 aromatic heterocycles. The molecule has 0 aliphatic rings. The number of rotatable bonds is 9. The van der Waals surface area contributed by atoms with Gasteiger partial charge in [-0.15, -0.1) is 35.3 Å². The van der Waals surface area contributed by atoms with Crippen molar-refractivity contribution in [3.8, 4) is 5.75 Å². The number of nitrogens with one attached hydrogen (secondary N) is 2. The number of thiophene rings is 1. The highest BCUT2D eigenvalue weighted by molar-refractivity contribution is 14.0. The van der Waals surface area contributed by atoms with Crippen molar-refractivity contribution >= 4 is 41.3 Å². The quantitative estimate of drug-likeness (QED) is 0.277. The number of methoxy groups -OCH3 is 1. The van der Waals surface area contributed by atoms with Crippen molar-refractivity contribution in [3.05, 3.63) is 52.2 Å². The van der Waals surface area contributed by atoms with Gasteiger partial charge in [0, 0.05) is 24.5 Å². The molecule has 0 saturated carbocycles. The molecule has 2 atom stereocenters. The highest BCUT2D eigenvalue weighted by Crippen LogP contribution is 2.17. The molecule has 1 aromatic carbocycles. The zero-order valence-electron chi connectivity index (χ0n) is 16.1. The van der Waals surface area contributed by atoms with Gasteiger partial charge in [0.1, 0.15) is 5.75 Å². The lowest BCUT2D eigenvalue weighted by Crippen LogP contribution is -2.39. The first-order valence-electron chi connectivity index (χ1n) is 8.99. The zero-order valence-corrected chi connectivity index (χ0v) is 19.3. The summed E-state index contributed by atoms with van der Waals surface area (Å²) in [6, 6.07) is 11.7. The standard InChI is InChI=1S/C20H29N3O2S.HI/c1-4-21-20(22-13-15(2)12-18-6-5-11-26-18)23-14-19(24)16-7-9-17(25-3)10-8-16;/h5-11,15,19,24H,4,12-14H2,1-3H3,(H2,21,22,23);1H. The number of ether oxygens (including phenoxy) is 1. The Kier molecular flexibility index (Phi) is 11.4. The van der Waals surface area contributed by atoms with E-state index in [-0.39, 0.29) is 24.0 Å². The van der Waals surface area contributed by atoms with E-state index in [9.17, 15) is 5.11 Å². The number of hydrogen-bond acceptors (Lipinski definition) is 4. The molecular weight excluding hydrogens is 473 g/mol. The first-order valence-corrected chi connectivity index (χ1v) is 9.87. The summed E-state index contributed by atoms with van der Waals surface area (Å²) >= 11 is 1.79. The monoisotopic (exact) mass is 503 g/mol. The van der Waals surface area contributed by atoms with Crippen LogP contribution in [0.4, 0.5) is 0 Å².